The van der Waals surface area contributed by atoms with Crippen LogP contribution < -0.4 is 5.63 Å². The van der Waals surface area contributed by atoms with Crippen LogP contribution in [-0.2, 0) is 28.6 Å². The van der Waals surface area contributed by atoms with Crippen molar-refractivity contribution in [2.45, 2.75) is 31.8 Å². The molecule has 0 N–H and O–H groups in total. The first-order valence-corrected chi connectivity index (χ1v) is 10.1. The monoisotopic (exact) mass is 384 g/mol. The lowest BCUT2D eigenvalue weighted by Gasteiger charge is -2.10. The van der Waals surface area contributed by atoms with E-state index in [2.05, 4.69) is 0 Å². The third kappa shape index (κ3) is 4.17. The molecule has 0 saturated carbocycles. The van der Waals surface area contributed by atoms with Crippen molar-refractivity contribution in [3.8, 4) is 0 Å². The molecule has 0 aliphatic heterocycles. The minimum atomic E-state index is -1.27. The van der Waals surface area contributed by atoms with Crippen LogP contribution in [0, 0.1) is 0 Å². The van der Waals surface area contributed by atoms with Gasteiger partial charge in [-0.1, -0.05) is 38.1 Å². The van der Waals surface area contributed by atoms with E-state index in [-0.39, 0.29) is 12.2 Å². The van der Waals surface area contributed by atoms with Crippen molar-refractivity contribution >= 4 is 27.7 Å². The van der Waals surface area contributed by atoms with E-state index in [1.807, 2.05) is 25.1 Å². The fourth-order valence-corrected chi connectivity index (χ4v) is 3.76. The predicted molar refractivity (Wildman–Crippen MR) is 104 cm³/mol. The first-order valence-electron chi connectivity index (χ1n) is 8.73. The molecule has 0 bridgehead atoms. The van der Waals surface area contributed by atoms with Gasteiger partial charge >= 0.3 is 11.6 Å². The summed E-state index contributed by atoms with van der Waals surface area (Å²) in [6, 6.07) is 13.7. The van der Waals surface area contributed by atoms with Gasteiger partial charge < -0.3 is 9.15 Å². The van der Waals surface area contributed by atoms with Crippen LogP contribution >= 0.6 is 0 Å². The zero-order valence-corrected chi connectivity index (χ0v) is 16.0. The van der Waals surface area contributed by atoms with E-state index in [0.29, 0.717) is 21.8 Å². The van der Waals surface area contributed by atoms with Gasteiger partial charge in [-0.3, -0.25) is 4.21 Å². The van der Waals surface area contributed by atoms with Gasteiger partial charge in [0.25, 0.3) is 0 Å². The second-order valence-electron chi connectivity index (χ2n) is 5.98. The summed E-state index contributed by atoms with van der Waals surface area (Å²) in [7, 11) is -1.27. The molecule has 2 aromatic carbocycles. The van der Waals surface area contributed by atoms with Crippen LogP contribution in [0.2, 0.25) is 0 Å². The Morgan fingerprint density at radius 2 is 1.89 bits per heavy atom. The zero-order valence-electron chi connectivity index (χ0n) is 15.2. The van der Waals surface area contributed by atoms with Gasteiger partial charge in [-0.2, -0.15) is 0 Å². The summed E-state index contributed by atoms with van der Waals surface area (Å²) >= 11 is 0. The van der Waals surface area contributed by atoms with Crippen LogP contribution in [0.5, 0.6) is 0 Å². The molecule has 0 amide bonds. The minimum Gasteiger partial charge on any atom is -0.457 e. The van der Waals surface area contributed by atoms with Crippen molar-refractivity contribution in [1.82, 2.24) is 0 Å². The third-order valence-electron chi connectivity index (χ3n) is 4.28. The third-order valence-corrected chi connectivity index (χ3v) is 5.65. The number of aryl methyl sites for hydroxylation is 1. The second kappa shape index (κ2) is 8.31. The number of rotatable bonds is 6. The van der Waals surface area contributed by atoms with Crippen LogP contribution in [0.4, 0.5) is 0 Å². The highest BCUT2D eigenvalue weighted by Crippen LogP contribution is 2.21. The normalized spacial score (nSPS) is 12.1. The highest BCUT2D eigenvalue weighted by molar-refractivity contribution is 7.85. The van der Waals surface area contributed by atoms with E-state index in [1.54, 1.807) is 31.2 Å². The van der Waals surface area contributed by atoms with Gasteiger partial charge in [-0.15, -0.1) is 0 Å². The fraction of sp³-hybridized carbons (Fsp3) is 0.238. The van der Waals surface area contributed by atoms with Gasteiger partial charge in [0, 0.05) is 22.8 Å². The lowest BCUT2D eigenvalue weighted by molar-refractivity contribution is 0.0469. The summed E-state index contributed by atoms with van der Waals surface area (Å²) in [6.07, 6.45) is 0.824. The SMILES string of the molecule is CCc1ccc2c(COC(=O)c3ccccc3[S@@](=O)CC)cc(=O)oc2c1. The number of ether oxygens (including phenoxy) is 1. The first-order chi connectivity index (χ1) is 13.0. The van der Waals surface area contributed by atoms with Crippen LogP contribution in [0.1, 0.15) is 35.3 Å². The average molecular weight is 384 g/mol. The van der Waals surface area contributed by atoms with Crippen molar-refractivity contribution in [1.29, 1.82) is 0 Å². The molecule has 1 atom stereocenters. The number of carbonyl (C=O) groups is 1. The van der Waals surface area contributed by atoms with Crippen LogP contribution in [-0.4, -0.2) is 15.9 Å². The van der Waals surface area contributed by atoms with Crippen LogP contribution in [0.3, 0.4) is 0 Å². The van der Waals surface area contributed by atoms with Crippen LogP contribution in [0.15, 0.2) is 62.6 Å². The van der Waals surface area contributed by atoms with E-state index in [0.717, 1.165) is 17.4 Å². The summed E-state index contributed by atoms with van der Waals surface area (Å²) in [4.78, 5) is 24.8. The van der Waals surface area contributed by atoms with Gasteiger partial charge in [-0.25, -0.2) is 9.59 Å². The summed E-state index contributed by atoms with van der Waals surface area (Å²) < 4.78 is 22.8. The molecule has 0 fully saturated rings. The van der Waals surface area contributed by atoms with Crippen molar-refractivity contribution in [2.24, 2.45) is 0 Å². The molecule has 3 aromatic rings. The highest BCUT2D eigenvalue weighted by Gasteiger charge is 2.17. The maximum Gasteiger partial charge on any atom is 0.339 e. The smallest absolute Gasteiger partial charge is 0.339 e. The summed E-state index contributed by atoms with van der Waals surface area (Å²) in [5.41, 5.74) is 1.88. The van der Waals surface area contributed by atoms with E-state index < -0.39 is 22.4 Å². The van der Waals surface area contributed by atoms with E-state index >= 15 is 0 Å². The molecule has 1 aromatic heterocycles. The number of esters is 1. The Hall–Kier alpha value is -2.73. The van der Waals surface area contributed by atoms with E-state index in [1.165, 1.54) is 6.07 Å². The van der Waals surface area contributed by atoms with Crippen LogP contribution in [0.25, 0.3) is 11.0 Å². The molecule has 140 valence electrons. The van der Waals surface area contributed by atoms with Gasteiger partial charge in [-0.05, 0) is 30.2 Å². The Morgan fingerprint density at radius 1 is 1.11 bits per heavy atom. The molecular formula is C21H20O5S. The fourth-order valence-electron chi connectivity index (χ4n) is 2.82. The molecule has 0 aliphatic carbocycles. The number of hydrogen-bond acceptors (Lipinski definition) is 5. The molecule has 5 nitrogen and oxygen atoms in total. The van der Waals surface area contributed by atoms with E-state index in [4.69, 9.17) is 9.15 Å². The lowest BCUT2D eigenvalue weighted by atomic mass is 10.1. The standard InChI is InChI=1S/C21H20O5S/c1-3-14-9-10-16-15(12-20(22)26-18(16)11-14)13-25-21(23)17-7-5-6-8-19(17)27(24)4-2/h5-12H,3-4,13H2,1-2H3/t27-/m0/s1. The Labute approximate surface area is 159 Å². The van der Waals surface area contributed by atoms with Gasteiger partial charge in [0.05, 0.1) is 21.3 Å². The molecule has 0 radical (unpaired) electrons. The average Bonchev–Trinajstić information content (AvgIpc) is 2.70. The second-order valence-corrected chi connectivity index (χ2v) is 7.69. The van der Waals surface area contributed by atoms with Crippen molar-refractivity contribution < 1.29 is 18.2 Å². The lowest BCUT2D eigenvalue weighted by Crippen LogP contribution is -2.11. The quantitative estimate of drug-likeness (QED) is 0.477. The molecular weight excluding hydrogens is 364 g/mol. The van der Waals surface area contributed by atoms with Gasteiger partial charge in [0.1, 0.15) is 12.2 Å². The molecule has 0 unspecified atom stereocenters. The number of benzene rings is 2. The predicted octanol–water partition coefficient (Wildman–Crippen LogP) is 3.84. The summed E-state index contributed by atoms with van der Waals surface area (Å²) in [5, 5.41) is 0.727. The molecule has 27 heavy (non-hydrogen) atoms. The van der Waals surface area contributed by atoms with Crippen molar-refractivity contribution in [3.63, 3.8) is 0 Å². The Bertz CT molecular complexity index is 1070. The first kappa shape index (κ1) is 19.0. The number of fused-ring (bicyclic) bond motifs is 1. The molecule has 0 saturated heterocycles. The summed E-state index contributed by atoms with van der Waals surface area (Å²) in [6.45, 7) is 3.74. The van der Waals surface area contributed by atoms with Crippen molar-refractivity contribution in [2.75, 3.05) is 5.75 Å². The Kier molecular flexibility index (Phi) is 5.86. The maximum atomic E-state index is 12.5. The highest BCUT2D eigenvalue weighted by atomic mass is 32.2. The Morgan fingerprint density at radius 3 is 2.63 bits per heavy atom. The zero-order chi connectivity index (χ0) is 19.4. The minimum absolute atomic E-state index is 0.0699. The topological polar surface area (TPSA) is 73.6 Å². The largest absolute Gasteiger partial charge is 0.457 e. The number of hydrogen-bond donors (Lipinski definition) is 0. The number of carbonyl (C=O) groups excluding carboxylic acids is 1. The molecule has 3 rings (SSSR count). The van der Waals surface area contributed by atoms with E-state index in [9.17, 15) is 13.8 Å². The van der Waals surface area contributed by atoms with Crippen molar-refractivity contribution in [3.05, 3.63) is 75.6 Å². The Balaban J connectivity index is 1.88. The molecule has 0 spiro atoms. The maximum absolute atomic E-state index is 12.5. The van der Waals surface area contributed by atoms with Gasteiger partial charge in [0.15, 0.2) is 0 Å². The summed E-state index contributed by atoms with van der Waals surface area (Å²) in [5.74, 6) is -0.159. The van der Waals surface area contributed by atoms with Gasteiger partial charge in [0.2, 0.25) is 0 Å². The molecule has 1 heterocycles. The molecule has 6 heteroatoms. The molecule has 0 aliphatic rings.